The summed E-state index contributed by atoms with van der Waals surface area (Å²) in [5.41, 5.74) is 13.5. The van der Waals surface area contributed by atoms with Crippen LogP contribution in [-0.2, 0) is 81.8 Å². The van der Waals surface area contributed by atoms with Gasteiger partial charge >= 0.3 is 0 Å². The van der Waals surface area contributed by atoms with Gasteiger partial charge in [0, 0.05) is 65.3 Å². The number of amides is 6. The Bertz CT molecular complexity index is 5760. The van der Waals surface area contributed by atoms with E-state index in [4.69, 9.17) is 14.2 Å². The van der Waals surface area contributed by atoms with E-state index < -0.39 is 41.8 Å². The van der Waals surface area contributed by atoms with Gasteiger partial charge in [-0.05, 0) is 246 Å². The van der Waals surface area contributed by atoms with Crippen LogP contribution in [0.2, 0.25) is 0 Å². The molecular weight excluding hydrogens is 1820 g/mol. The van der Waals surface area contributed by atoms with Crippen molar-refractivity contribution in [2.24, 2.45) is 5.92 Å². The predicted octanol–water partition coefficient (Wildman–Crippen LogP) is 21.8. The molecule has 0 saturated carbocycles. The average Bonchev–Trinajstić information content (AvgIpc) is 0.983. The summed E-state index contributed by atoms with van der Waals surface area (Å²) in [7, 11) is 0. The van der Waals surface area contributed by atoms with Crippen LogP contribution in [0.1, 0.15) is 315 Å². The van der Waals surface area contributed by atoms with Gasteiger partial charge in [0.2, 0.25) is 11.6 Å². The first-order valence-electron chi connectivity index (χ1n) is 52.6. The number of ether oxygens (including phenoxy) is 3. The Kier molecular flexibility index (Phi) is 50.5. The Balaban J connectivity index is 0.000000179. The van der Waals surface area contributed by atoms with Crippen molar-refractivity contribution in [3.63, 3.8) is 0 Å². The smallest absolute Gasteiger partial charge is 0.289 e. The number of rotatable bonds is 11. The number of nitrogens with one attached hydrogen (secondary N) is 6. The zero-order valence-electron chi connectivity index (χ0n) is 84.5. The highest BCUT2D eigenvalue weighted by Gasteiger charge is 2.31. The van der Waals surface area contributed by atoms with Crippen LogP contribution in [0, 0.1) is 5.92 Å². The van der Waals surface area contributed by atoms with Crippen LogP contribution < -0.4 is 41.4 Å². The molecule has 23 nitrogen and oxygen atoms in total. The Labute approximate surface area is 855 Å². The summed E-state index contributed by atoms with van der Waals surface area (Å²) in [6, 6.07) is 66.0. The van der Waals surface area contributed by atoms with Crippen molar-refractivity contribution >= 4 is 83.7 Å². The van der Waals surface area contributed by atoms with E-state index in [1.807, 2.05) is 219 Å². The first-order valence-corrected chi connectivity index (χ1v) is 52.6. The molecule has 6 aliphatic rings. The number of fused-ring (bicyclic) bond motifs is 13. The molecule has 0 spiro atoms. The molecule has 6 amide bonds. The minimum absolute atomic E-state index is 0.0142. The molecule has 5 heterocycles. The first kappa shape index (κ1) is 113. The van der Waals surface area contributed by atoms with E-state index in [9.17, 15) is 67.1 Å². The lowest BCUT2D eigenvalue weighted by Crippen LogP contribution is -2.47. The van der Waals surface area contributed by atoms with Crippen molar-refractivity contribution in [3.8, 4) is 33.8 Å². The second-order valence-electron chi connectivity index (χ2n) is 37.6. The highest BCUT2D eigenvalue weighted by atomic mass is 16.5. The maximum absolute atomic E-state index is 12.9. The molecule has 23 heteroatoms. The second-order valence-corrected chi connectivity index (χ2v) is 37.6. The van der Waals surface area contributed by atoms with Crippen LogP contribution >= 0.6 is 0 Å². The van der Waals surface area contributed by atoms with Crippen LogP contribution in [0.25, 0.3) is 22.3 Å². The number of hydrogen-bond acceptors (Lipinski definition) is 17. The number of carbonyl (C=O) groups excluding carboxylic acids is 14. The van der Waals surface area contributed by atoms with Crippen molar-refractivity contribution in [1.82, 2.24) is 31.9 Å². The van der Waals surface area contributed by atoms with Crippen LogP contribution in [0.3, 0.4) is 0 Å². The normalized spacial score (nSPS) is 19.3. The average molecular weight is 1970 g/mol. The number of aryl methyl sites for hydroxylation is 4. The molecule has 5 aliphatic heterocycles. The van der Waals surface area contributed by atoms with Gasteiger partial charge in [0.05, 0.1) is 44.0 Å². The van der Waals surface area contributed by atoms with Gasteiger partial charge in [0.1, 0.15) is 42.7 Å². The van der Waals surface area contributed by atoms with Crippen LogP contribution in [0.15, 0.2) is 243 Å². The summed E-state index contributed by atoms with van der Waals surface area (Å²) >= 11 is 0. The standard InChI is InChI=1S/C23H32O3.C20H26N2O3.2C20H21NO3.C20H19NO3.C19H27NO2/c1-2-12-21(24)23(26)19-15-9-7-5-3-4-6-8-13-18-14-10-11-16-20(18)22(25)17-19;1-2-21-20(25)18(23)17-14-8-6-4-3-5-7-11-15-12-9-10-13-16(15)19(24)22-17;22-13-18-12-16-7-2-1-6-15(16)9-5-11-24-14-17-8-3-4-10-19(17)20(23)21-18;2*22-14-16-8-2-1-5-12-24-17-9-6-7-15(13-17)18-10-3-4-11-19(18)20(23)21-16;21-15-17-13-8-6-4-2-1-3-5-7-11-16-12-9-10-14-18(16)19(22)20-17/h10-11,14,16,19H,2-9,12-13,15,17H2,1H3;6,8-10,12-13,17H,2-5,7,11,14H2,1H3,(H,21,25)(H,22,24);1-4,6-8,10,13,18H,5,9,11-12,14H2,(H,21,23);3-4,6-7,9-11,13-14,16H,1-2,5,8,12H2,(H,21,23);1-4,6-7,9-11,13-14,16H,5,8,12H2,(H,21,23);9-10,12,14-15,17H,1-8,11,13H2,(H,20,22)/t19-;17-;18-;2*16-;17-/m100000/s1. The summed E-state index contributed by atoms with van der Waals surface area (Å²) in [5.74, 6) is -1.85. The van der Waals surface area contributed by atoms with E-state index in [0.717, 1.165) is 226 Å². The Morgan fingerprint density at radius 3 is 1.26 bits per heavy atom. The first-order chi connectivity index (χ1) is 70.9. The number of likely N-dealkylation sites (N-methyl/N-ethyl adjacent to an activating group) is 1. The quantitative estimate of drug-likeness (QED) is 0.0398. The highest BCUT2D eigenvalue weighted by molar-refractivity contribution is 6.39. The minimum Gasteiger partial charge on any atom is -0.494 e. The summed E-state index contributed by atoms with van der Waals surface area (Å²) in [4.78, 5) is 170. The fourth-order valence-electron chi connectivity index (χ4n) is 18.6. The molecule has 0 radical (unpaired) electrons. The number of allylic oxidation sites excluding steroid dienone is 1. The van der Waals surface area contributed by atoms with Gasteiger partial charge in [-0.15, -0.1) is 0 Å². The summed E-state index contributed by atoms with van der Waals surface area (Å²) in [6.07, 6.45) is 45.3. The molecule has 4 bridgehead atoms. The van der Waals surface area contributed by atoms with Gasteiger partial charge in [-0.2, -0.15) is 0 Å². The molecule has 0 fully saturated rings. The summed E-state index contributed by atoms with van der Waals surface area (Å²) in [5, 5.41) is 16.6. The monoisotopic (exact) mass is 1970 g/mol. The highest BCUT2D eigenvalue weighted by Crippen LogP contribution is 2.32. The van der Waals surface area contributed by atoms with E-state index >= 15 is 0 Å². The van der Waals surface area contributed by atoms with E-state index in [1.165, 1.54) is 63.4 Å². The molecular formula is C122H146N6O17. The number of aldehydes is 4. The van der Waals surface area contributed by atoms with Crippen molar-refractivity contribution in [3.05, 3.63) is 309 Å². The summed E-state index contributed by atoms with van der Waals surface area (Å²) in [6.45, 7) is 6.30. The SMILES string of the molecule is CCCC(=O)C(=O)[C@@H]1CCCCCCCCCc2ccccc2C(=O)C1.CCNC(=O)C(=O)[C@@H]1CC=CCCCCCc2ccccc2C(=O)N1.O=C[C@@H]1CC=CCCOc2cccc(c2)-c2ccccc2C(=O)N1.O=C[C@@H]1CCCCCCCCCCc2ccccc2C(=O)N1.O=C[C@@H]1CCCCCOc2cccc(c2)-c2ccccc2C(=O)N1.O=C[C@@H]1Cc2ccccc2CCCOCc2ccccc2C(=O)N1. The molecule has 6 atom stereocenters. The Morgan fingerprint density at radius 2 is 0.731 bits per heavy atom. The van der Waals surface area contributed by atoms with Crippen LogP contribution in [-0.4, -0.2) is 140 Å². The van der Waals surface area contributed by atoms with E-state index in [0.29, 0.717) is 100 Å². The van der Waals surface area contributed by atoms with Gasteiger partial charge in [0.15, 0.2) is 11.6 Å². The van der Waals surface area contributed by atoms with Crippen LogP contribution in [0.5, 0.6) is 11.5 Å². The van der Waals surface area contributed by atoms with E-state index in [-0.39, 0.29) is 59.3 Å². The third-order valence-electron chi connectivity index (χ3n) is 26.6. The molecule has 145 heavy (non-hydrogen) atoms. The van der Waals surface area contributed by atoms with Crippen molar-refractivity contribution in [1.29, 1.82) is 0 Å². The fourth-order valence-corrected chi connectivity index (χ4v) is 18.6. The lowest BCUT2D eigenvalue weighted by Gasteiger charge is -2.17. The fraction of sp³-hybridized carbons (Fsp3) is 0.410. The zero-order valence-corrected chi connectivity index (χ0v) is 84.5. The third-order valence-corrected chi connectivity index (χ3v) is 26.6. The third kappa shape index (κ3) is 38.7. The number of hydrogen-bond donors (Lipinski definition) is 6. The number of ketones is 4. The van der Waals surface area contributed by atoms with E-state index in [1.54, 1.807) is 31.2 Å². The molecule has 6 N–H and O–H groups in total. The molecule has 9 aromatic carbocycles. The van der Waals surface area contributed by atoms with E-state index in [2.05, 4.69) is 38.0 Å². The largest absolute Gasteiger partial charge is 0.494 e. The molecule has 0 saturated heterocycles. The lowest BCUT2D eigenvalue weighted by molar-refractivity contribution is -0.139. The molecule has 0 aromatic heterocycles. The molecule has 0 unspecified atom stereocenters. The zero-order chi connectivity index (χ0) is 103. The van der Waals surface area contributed by atoms with Gasteiger partial charge in [0.25, 0.3) is 35.4 Å². The number of Topliss-reactive ketones (excluding diaryl/α,β-unsaturated/α-hetero) is 4. The Morgan fingerprint density at radius 1 is 0.331 bits per heavy atom. The molecule has 9 aromatic rings. The lowest BCUT2D eigenvalue weighted by atomic mass is 9.85. The van der Waals surface area contributed by atoms with Gasteiger partial charge < -0.3 is 65.3 Å². The Hall–Kier alpha value is -13.8. The maximum atomic E-state index is 12.9. The number of carbonyl (C=O) groups is 14. The molecule has 766 valence electrons. The summed E-state index contributed by atoms with van der Waals surface area (Å²) < 4.78 is 17.3. The van der Waals surface area contributed by atoms with Crippen LogP contribution in [0.4, 0.5) is 0 Å². The maximum Gasteiger partial charge on any atom is 0.289 e. The van der Waals surface area contributed by atoms with Crippen molar-refractivity contribution in [2.45, 2.75) is 288 Å². The van der Waals surface area contributed by atoms with Gasteiger partial charge in [-0.25, -0.2) is 0 Å². The van der Waals surface area contributed by atoms with Crippen molar-refractivity contribution < 1.29 is 81.3 Å². The minimum atomic E-state index is -0.843. The number of benzene rings is 9. The second kappa shape index (κ2) is 64.8. The van der Waals surface area contributed by atoms with Gasteiger partial charge in [-0.1, -0.05) is 291 Å². The predicted molar refractivity (Wildman–Crippen MR) is 569 cm³/mol. The molecule has 15 rings (SSSR count). The molecule has 1 aliphatic carbocycles. The topological polar surface area (TPSA) is 339 Å². The van der Waals surface area contributed by atoms with Crippen molar-refractivity contribution in [2.75, 3.05) is 26.4 Å². The van der Waals surface area contributed by atoms with Gasteiger partial charge in [-0.3, -0.25) is 47.9 Å².